The first-order chi connectivity index (χ1) is 6.60. The lowest BCUT2D eigenvalue weighted by molar-refractivity contribution is 0.0833. The van der Waals surface area contributed by atoms with Crippen LogP contribution in [0.1, 0.15) is 72.6 Å². The molecule has 0 unspecified atom stereocenters. The minimum atomic E-state index is 0.619. The summed E-state index contributed by atoms with van der Waals surface area (Å²) in [7, 11) is 0. The highest BCUT2D eigenvalue weighted by atomic mass is 14.4. The van der Waals surface area contributed by atoms with Crippen LogP contribution < -0.4 is 0 Å². The van der Waals surface area contributed by atoms with E-state index in [4.69, 9.17) is 0 Å². The number of hydrogen-bond acceptors (Lipinski definition) is 0. The predicted molar refractivity (Wildman–Crippen MR) is 64.4 cm³/mol. The Hall–Kier alpha value is 0. The van der Waals surface area contributed by atoms with Crippen LogP contribution in [0.15, 0.2) is 0 Å². The highest BCUT2D eigenvalue weighted by molar-refractivity contribution is 4.86. The molecule has 0 radical (unpaired) electrons. The predicted octanol–water partition coefficient (Wildman–Crippen LogP) is 5.03. The average molecular weight is 196 g/mol. The summed E-state index contributed by atoms with van der Waals surface area (Å²) < 4.78 is 0. The van der Waals surface area contributed by atoms with Crippen LogP contribution >= 0.6 is 0 Å². The summed E-state index contributed by atoms with van der Waals surface area (Å²) in [4.78, 5) is 0. The van der Waals surface area contributed by atoms with Gasteiger partial charge in [0, 0.05) is 0 Å². The molecule has 0 aliphatic heterocycles. The second-order valence-electron chi connectivity index (χ2n) is 5.91. The quantitative estimate of drug-likeness (QED) is 0.591. The van der Waals surface area contributed by atoms with Gasteiger partial charge in [-0.2, -0.15) is 0 Å². The van der Waals surface area contributed by atoms with Crippen molar-refractivity contribution in [3.8, 4) is 0 Å². The summed E-state index contributed by atoms with van der Waals surface area (Å²) in [5.74, 6) is 2.03. The van der Waals surface area contributed by atoms with Crippen molar-refractivity contribution in [1.29, 1.82) is 0 Å². The topological polar surface area (TPSA) is 0 Å². The third kappa shape index (κ3) is 3.00. The van der Waals surface area contributed by atoms with Gasteiger partial charge < -0.3 is 0 Å². The molecule has 1 saturated carbocycles. The summed E-state index contributed by atoms with van der Waals surface area (Å²) in [5, 5.41) is 0. The standard InChI is InChI=1S/C14H28/c1-5-7-12-9-10-13(8-6-2)14(3,4)11-12/h12-13H,5-11H2,1-4H3/t12-,13+/m1/s1. The van der Waals surface area contributed by atoms with Crippen molar-refractivity contribution in [2.24, 2.45) is 17.3 Å². The van der Waals surface area contributed by atoms with Crippen LogP contribution in [0.2, 0.25) is 0 Å². The Morgan fingerprint density at radius 2 is 1.64 bits per heavy atom. The molecule has 0 amide bonds. The van der Waals surface area contributed by atoms with Crippen LogP contribution in [0.5, 0.6) is 0 Å². The maximum absolute atomic E-state index is 2.50. The summed E-state index contributed by atoms with van der Waals surface area (Å²) in [6.45, 7) is 9.64. The molecule has 1 aliphatic carbocycles. The van der Waals surface area contributed by atoms with E-state index in [-0.39, 0.29) is 0 Å². The van der Waals surface area contributed by atoms with E-state index in [0.717, 1.165) is 11.8 Å². The molecule has 1 rings (SSSR count). The van der Waals surface area contributed by atoms with Crippen molar-refractivity contribution in [3.63, 3.8) is 0 Å². The smallest absolute Gasteiger partial charge is 0.0323 e. The van der Waals surface area contributed by atoms with E-state index in [1.165, 1.54) is 44.9 Å². The zero-order valence-electron chi connectivity index (χ0n) is 10.6. The molecule has 0 bridgehead atoms. The van der Waals surface area contributed by atoms with Crippen LogP contribution in [-0.2, 0) is 0 Å². The first-order valence-corrected chi connectivity index (χ1v) is 6.60. The molecular formula is C14H28. The summed E-state index contributed by atoms with van der Waals surface area (Å²) >= 11 is 0. The van der Waals surface area contributed by atoms with Gasteiger partial charge >= 0.3 is 0 Å². The Labute approximate surface area is 90.5 Å². The Bertz CT molecular complexity index is 157. The molecule has 0 aromatic rings. The molecule has 84 valence electrons. The van der Waals surface area contributed by atoms with Gasteiger partial charge in [-0.15, -0.1) is 0 Å². The van der Waals surface area contributed by atoms with Gasteiger partial charge in [-0.3, -0.25) is 0 Å². The van der Waals surface area contributed by atoms with Crippen LogP contribution in [0.3, 0.4) is 0 Å². The van der Waals surface area contributed by atoms with Crippen LogP contribution in [-0.4, -0.2) is 0 Å². The van der Waals surface area contributed by atoms with Crippen molar-refractivity contribution in [1.82, 2.24) is 0 Å². The molecular weight excluding hydrogens is 168 g/mol. The van der Waals surface area contributed by atoms with E-state index < -0.39 is 0 Å². The molecule has 0 heterocycles. The average Bonchev–Trinajstić information content (AvgIpc) is 2.10. The van der Waals surface area contributed by atoms with E-state index in [0.29, 0.717) is 5.41 Å². The maximum atomic E-state index is 2.50. The van der Waals surface area contributed by atoms with Gasteiger partial charge in [0.05, 0.1) is 0 Å². The minimum absolute atomic E-state index is 0.619. The van der Waals surface area contributed by atoms with Crippen molar-refractivity contribution < 1.29 is 0 Å². The summed E-state index contributed by atoms with van der Waals surface area (Å²) in [5.41, 5.74) is 0.619. The molecule has 0 nitrogen and oxygen atoms in total. The Balaban J connectivity index is 2.47. The molecule has 1 aliphatic rings. The first-order valence-electron chi connectivity index (χ1n) is 6.60. The van der Waals surface area contributed by atoms with Gasteiger partial charge in [0.1, 0.15) is 0 Å². The monoisotopic (exact) mass is 196 g/mol. The van der Waals surface area contributed by atoms with E-state index in [1.54, 1.807) is 0 Å². The molecule has 14 heavy (non-hydrogen) atoms. The third-order valence-corrected chi connectivity index (χ3v) is 4.18. The second kappa shape index (κ2) is 5.19. The normalized spacial score (nSPS) is 31.7. The molecule has 0 saturated heterocycles. The highest BCUT2D eigenvalue weighted by Gasteiger charge is 2.35. The van der Waals surface area contributed by atoms with Crippen LogP contribution in [0.4, 0.5) is 0 Å². The third-order valence-electron chi connectivity index (χ3n) is 4.18. The first kappa shape index (κ1) is 12.1. The van der Waals surface area contributed by atoms with Gasteiger partial charge in [0.2, 0.25) is 0 Å². The molecule has 0 N–H and O–H groups in total. The molecule has 0 spiro atoms. The van der Waals surface area contributed by atoms with Crippen LogP contribution in [0, 0.1) is 17.3 Å². The van der Waals surface area contributed by atoms with E-state index >= 15 is 0 Å². The SMILES string of the molecule is CCC[C@@H]1CC[C@H](CCC)C(C)(C)C1. The van der Waals surface area contributed by atoms with Gasteiger partial charge in [-0.25, -0.2) is 0 Å². The largest absolute Gasteiger partial charge is 0.0654 e. The molecule has 0 aromatic carbocycles. The number of hydrogen-bond donors (Lipinski definition) is 0. The Morgan fingerprint density at radius 1 is 1.00 bits per heavy atom. The van der Waals surface area contributed by atoms with Gasteiger partial charge in [-0.05, 0) is 30.1 Å². The fourth-order valence-corrected chi connectivity index (χ4v) is 3.38. The van der Waals surface area contributed by atoms with Gasteiger partial charge in [-0.1, -0.05) is 59.8 Å². The second-order valence-corrected chi connectivity index (χ2v) is 5.91. The van der Waals surface area contributed by atoms with Crippen molar-refractivity contribution in [3.05, 3.63) is 0 Å². The highest BCUT2D eigenvalue weighted by Crippen LogP contribution is 2.46. The Morgan fingerprint density at radius 3 is 2.14 bits per heavy atom. The van der Waals surface area contributed by atoms with Crippen molar-refractivity contribution >= 4 is 0 Å². The lowest BCUT2D eigenvalue weighted by atomic mass is 9.63. The van der Waals surface area contributed by atoms with Crippen molar-refractivity contribution in [2.75, 3.05) is 0 Å². The minimum Gasteiger partial charge on any atom is -0.0654 e. The van der Waals surface area contributed by atoms with Gasteiger partial charge in [0.25, 0.3) is 0 Å². The van der Waals surface area contributed by atoms with Crippen molar-refractivity contribution in [2.45, 2.75) is 72.6 Å². The van der Waals surface area contributed by atoms with E-state index in [9.17, 15) is 0 Å². The summed E-state index contributed by atoms with van der Waals surface area (Å²) in [6.07, 6.45) is 10.1. The lowest BCUT2D eigenvalue weighted by Gasteiger charge is -2.42. The fourth-order valence-electron chi connectivity index (χ4n) is 3.38. The zero-order valence-corrected chi connectivity index (χ0v) is 10.6. The van der Waals surface area contributed by atoms with E-state index in [1.807, 2.05) is 0 Å². The molecule has 1 fully saturated rings. The number of rotatable bonds is 4. The molecule has 0 heteroatoms. The fraction of sp³-hybridized carbons (Fsp3) is 1.00. The van der Waals surface area contributed by atoms with Gasteiger partial charge in [0.15, 0.2) is 0 Å². The zero-order chi connectivity index (χ0) is 10.6. The lowest BCUT2D eigenvalue weighted by Crippen LogP contribution is -2.32. The molecule has 2 atom stereocenters. The summed E-state index contributed by atoms with van der Waals surface area (Å²) in [6, 6.07) is 0. The van der Waals surface area contributed by atoms with Crippen LogP contribution in [0.25, 0.3) is 0 Å². The van der Waals surface area contributed by atoms with E-state index in [2.05, 4.69) is 27.7 Å². The Kier molecular flexibility index (Phi) is 4.47. The molecule has 0 aromatic heterocycles. The maximum Gasteiger partial charge on any atom is -0.0323 e.